The quantitative estimate of drug-likeness (QED) is 0.661. The number of para-hydroxylation sites is 1. The van der Waals surface area contributed by atoms with Crippen molar-refractivity contribution in [2.24, 2.45) is 0 Å². The molecule has 0 spiro atoms. The van der Waals surface area contributed by atoms with Crippen molar-refractivity contribution in [1.29, 1.82) is 0 Å². The van der Waals surface area contributed by atoms with Gasteiger partial charge in [0.2, 0.25) is 0 Å². The van der Waals surface area contributed by atoms with E-state index in [1.165, 1.54) is 6.33 Å². The Hall–Kier alpha value is -3.28. The van der Waals surface area contributed by atoms with E-state index in [0.717, 1.165) is 22.7 Å². The fourth-order valence-electron chi connectivity index (χ4n) is 2.25. The van der Waals surface area contributed by atoms with Crippen LogP contribution in [0.15, 0.2) is 54.9 Å². The zero-order valence-corrected chi connectivity index (χ0v) is 13.6. The molecule has 4 N–H and O–H groups in total. The number of anilines is 5. The smallest absolute Gasteiger partial charge is 0.159 e. The normalized spacial score (nSPS) is 10.2. The van der Waals surface area contributed by atoms with Crippen LogP contribution in [0.4, 0.5) is 28.7 Å². The maximum absolute atomic E-state index is 6.21. The first-order valence-corrected chi connectivity index (χ1v) is 7.51. The Bertz CT molecular complexity index is 833. The number of benzene rings is 2. The highest BCUT2D eigenvalue weighted by atomic mass is 16.5. The topological polar surface area (TPSA) is 85.1 Å². The van der Waals surface area contributed by atoms with E-state index in [1.54, 1.807) is 7.11 Å². The summed E-state index contributed by atoms with van der Waals surface area (Å²) in [6.45, 7) is 2.02. The molecule has 0 saturated heterocycles. The van der Waals surface area contributed by atoms with Gasteiger partial charge < -0.3 is 21.1 Å². The summed E-state index contributed by atoms with van der Waals surface area (Å²) in [6, 6.07) is 15.5. The van der Waals surface area contributed by atoms with E-state index in [0.29, 0.717) is 17.3 Å². The SMILES string of the molecule is COc1ccc(Nc2ncnc(Nc3ccccc3C)c2N)cc1. The summed E-state index contributed by atoms with van der Waals surface area (Å²) in [5.74, 6) is 1.90. The highest BCUT2D eigenvalue weighted by Crippen LogP contribution is 2.29. The average molecular weight is 321 g/mol. The lowest BCUT2D eigenvalue weighted by atomic mass is 10.2. The molecule has 0 aliphatic carbocycles. The largest absolute Gasteiger partial charge is 0.497 e. The van der Waals surface area contributed by atoms with Crippen LogP contribution in [0.1, 0.15) is 5.56 Å². The summed E-state index contributed by atoms with van der Waals surface area (Å²) < 4.78 is 5.15. The number of hydrogen-bond donors (Lipinski definition) is 3. The van der Waals surface area contributed by atoms with Crippen LogP contribution in [0.25, 0.3) is 0 Å². The van der Waals surface area contributed by atoms with E-state index >= 15 is 0 Å². The molecule has 24 heavy (non-hydrogen) atoms. The highest BCUT2D eigenvalue weighted by molar-refractivity contribution is 5.80. The Morgan fingerprint density at radius 3 is 2.25 bits per heavy atom. The zero-order valence-electron chi connectivity index (χ0n) is 13.6. The molecule has 2 aromatic carbocycles. The van der Waals surface area contributed by atoms with Crippen LogP contribution in [0.2, 0.25) is 0 Å². The number of aryl methyl sites for hydroxylation is 1. The highest BCUT2D eigenvalue weighted by Gasteiger charge is 2.09. The van der Waals surface area contributed by atoms with Crippen molar-refractivity contribution in [2.75, 3.05) is 23.5 Å². The number of nitrogens with two attached hydrogens (primary N) is 1. The third-order valence-corrected chi connectivity index (χ3v) is 3.63. The molecule has 1 heterocycles. The first-order chi connectivity index (χ1) is 11.7. The molecule has 3 rings (SSSR count). The van der Waals surface area contributed by atoms with E-state index in [-0.39, 0.29) is 0 Å². The van der Waals surface area contributed by atoms with Gasteiger partial charge in [0, 0.05) is 11.4 Å². The molecule has 0 atom stereocenters. The predicted molar refractivity (Wildman–Crippen MR) is 97.2 cm³/mol. The van der Waals surface area contributed by atoms with Crippen LogP contribution < -0.4 is 21.1 Å². The van der Waals surface area contributed by atoms with Crippen molar-refractivity contribution in [1.82, 2.24) is 9.97 Å². The molecule has 3 aromatic rings. The first kappa shape index (κ1) is 15.6. The summed E-state index contributed by atoms with van der Waals surface area (Å²) in [4.78, 5) is 8.46. The summed E-state index contributed by atoms with van der Waals surface area (Å²) in [6.07, 6.45) is 1.48. The molecule has 0 radical (unpaired) electrons. The molecule has 0 bridgehead atoms. The van der Waals surface area contributed by atoms with E-state index in [9.17, 15) is 0 Å². The Balaban J connectivity index is 1.83. The van der Waals surface area contributed by atoms with Crippen molar-refractivity contribution in [3.8, 4) is 5.75 Å². The molecule has 0 saturated carbocycles. The molecule has 122 valence electrons. The van der Waals surface area contributed by atoms with Crippen molar-refractivity contribution in [3.05, 3.63) is 60.4 Å². The lowest BCUT2D eigenvalue weighted by Gasteiger charge is -2.14. The number of aromatic nitrogens is 2. The van der Waals surface area contributed by atoms with Crippen molar-refractivity contribution < 1.29 is 4.74 Å². The second-order valence-corrected chi connectivity index (χ2v) is 5.28. The number of nitrogens with zero attached hydrogens (tertiary/aromatic N) is 2. The summed E-state index contributed by atoms with van der Waals surface area (Å²) in [7, 11) is 1.63. The Morgan fingerprint density at radius 2 is 1.58 bits per heavy atom. The van der Waals surface area contributed by atoms with E-state index in [4.69, 9.17) is 10.5 Å². The van der Waals surface area contributed by atoms with Gasteiger partial charge in [-0.25, -0.2) is 9.97 Å². The molecule has 0 aliphatic rings. The van der Waals surface area contributed by atoms with Crippen molar-refractivity contribution in [3.63, 3.8) is 0 Å². The molecule has 6 nitrogen and oxygen atoms in total. The fourth-order valence-corrected chi connectivity index (χ4v) is 2.25. The standard InChI is InChI=1S/C18H19N5O/c1-12-5-3-4-6-15(12)23-18-16(19)17(20-11-21-18)22-13-7-9-14(24-2)10-8-13/h3-11H,19H2,1-2H3,(H2,20,21,22,23). The van der Waals surface area contributed by atoms with Crippen molar-refractivity contribution in [2.45, 2.75) is 6.92 Å². The van der Waals surface area contributed by atoms with E-state index < -0.39 is 0 Å². The molecular formula is C18H19N5O. The monoisotopic (exact) mass is 321 g/mol. The third-order valence-electron chi connectivity index (χ3n) is 3.63. The molecular weight excluding hydrogens is 302 g/mol. The van der Waals surface area contributed by atoms with E-state index in [1.807, 2.05) is 55.5 Å². The van der Waals surface area contributed by atoms with Gasteiger partial charge in [-0.1, -0.05) is 18.2 Å². The number of ether oxygens (including phenoxy) is 1. The van der Waals surface area contributed by atoms with E-state index in [2.05, 4.69) is 20.6 Å². The summed E-state index contributed by atoms with van der Waals surface area (Å²) in [5, 5.41) is 6.44. The van der Waals surface area contributed by atoms with Gasteiger partial charge in [-0.05, 0) is 42.8 Å². The van der Waals surface area contributed by atoms with Crippen LogP contribution >= 0.6 is 0 Å². The predicted octanol–water partition coefficient (Wildman–Crippen LogP) is 3.86. The van der Waals surface area contributed by atoms with Gasteiger partial charge in [-0.3, -0.25) is 0 Å². The molecule has 0 amide bonds. The third kappa shape index (κ3) is 3.38. The van der Waals surface area contributed by atoms with Crippen LogP contribution in [0.5, 0.6) is 5.75 Å². The Morgan fingerprint density at radius 1 is 0.917 bits per heavy atom. The van der Waals surface area contributed by atoms with Gasteiger partial charge in [0.05, 0.1) is 7.11 Å². The molecule has 6 heteroatoms. The lowest BCUT2D eigenvalue weighted by molar-refractivity contribution is 0.415. The van der Waals surface area contributed by atoms with Crippen LogP contribution in [-0.4, -0.2) is 17.1 Å². The number of nitrogens with one attached hydrogen (secondary N) is 2. The Kier molecular flexibility index (Phi) is 4.47. The van der Waals surface area contributed by atoms with Crippen LogP contribution in [0.3, 0.4) is 0 Å². The zero-order chi connectivity index (χ0) is 16.9. The van der Waals surface area contributed by atoms with Gasteiger partial charge in [0.25, 0.3) is 0 Å². The van der Waals surface area contributed by atoms with Gasteiger partial charge >= 0.3 is 0 Å². The molecule has 0 fully saturated rings. The second-order valence-electron chi connectivity index (χ2n) is 5.28. The second kappa shape index (κ2) is 6.87. The first-order valence-electron chi connectivity index (χ1n) is 7.51. The summed E-state index contributed by atoms with van der Waals surface area (Å²) in [5.41, 5.74) is 9.60. The fraction of sp³-hybridized carbons (Fsp3) is 0.111. The van der Waals surface area contributed by atoms with Gasteiger partial charge in [0.15, 0.2) is 11.6 Å². The lowest BCUT2D eigenvalue weighted by Crippen LogP contribution is -2.05. The molecule has 0 unspecified atom stereocenters. The molecule has 1 aromatic heterocycles. The number of hydrogen-bond acceptors (Lipinski definition) is 6. The maximum atomic E-state index is 6.21. The van der Waals surface area contributed by atoms with Gasteiger partial charge in [-0.2, -0.15) is 0 Å². The van der Waals surface area contributed by atoms with Crippen LogP contribution in [0, 0.1) is 6.92 Å². The van der Waals surface area contributed by atoms with Gasteiger partial charge in [-0.15, -0.1) is 0 Å². The number of nitrogen functional groups attached to an aromatic ring is 1. The van der Waals surface area contributed by atoms with Crippen molar-refractivity contribution >= 4 is 28.7 Å². The van der Waals surface area contributed by atoms with Crippen LogP contribution in [-0.2, 0) is 0 Å². The minimum Gasteiger partial charge on any atom is -0.497 e. The average Bonchev–Trinajstić information content (AvgIpc) is 2.61. The minimum atomic E-state index is 0.455. The number of rotatable bonds is 5. The Labute approximate surface area is 140 Å². The number of methoxy groups -OCH3 is 1. The van der Waals surface area contributed by atoms with Gasteiger partial charge in [0.1, 0.15) is 17.8 Å². The minimum absolute atomic E-state index is 0.455. The maximum Gasteiger partial charge on any atom is 0.159 e. The summed E-state index contributed by atoms with van der Waals surface area (Å²) >= 11 is 0. The molecule has 0 aliphatic heterocycles.